The zero-order valence-electron chi connectivity index (χ0n) is 7.30. The van der Waals surface area contributed by atoms with Gasteiger partial charge in [-0.2, -0.15) is 0 Å². The first-order chi connectivity index (χ1) is 5.16. The number of guanidine groups is 1. The minimum absolute atomic E-state index is 0.238. The van der Waals surface area contributed by atoms with Gasteiger partial charge in [0, 0.05) is 12.1 Å². The van der Waals surface area contributed by atoms with E-state index in [2.05, 4.69) is 13.8 Å². The van der Waals surface area contributed by atoms with Gasteiger partial charge in [-0.1, -0.05) is 6.92 Å². The van der Waals surface area contributed by atoms with Crippen LogP contribution in [0.1, 0.15) is 33.1 Å². The Bertz CT molecular complexity index is 155. The van der Waals surface area contributed by atoms with Crippen LogP contribution in [0.3, 0.4) is 0 Å². The minimum Gasteiger partial charge on any atom is -0.370 e. The maximum absolute atomic E-state index is 7.36. The molecule has 1 saturated heterocycles. The third kappa shape index (κ3) is 1.47. The molecule has 1 heterocycles. The van der Waals surface area contributed by atoms with Gasteiger partial charge in [0.25, 0.3) is 0 Å². The molecule has 3 N–H and O–H groups in total. The van der Waals surface area contributed by atoms with E-state index in [-0.39, 0.29) is 5.96 Å². The van der Waals surface area contributed by atoms with Crippen molar-refractivity contribution in [2.24, 2.45) is 5.73 Å². The maximum atomic E-state index is 7.36. The van der Waals surface area contributed by atoms with Crippen LogP contribution >= 0.6 is 0 Å². The van der Waals surface area contributed by atoms with Gasteiger partial charge >= 0.3 is 0 Å². The molecule has 0 aliphatic carbocycles. The molecule has 2 atom stereocenters. The van der Waals surface area contributed by atoms with Gasteiger partial charge in [0.2, 0.25) is 0 Å². The molecule has 3 nitrogen and oxygen atoms in total. The molecule has 0 aromatic rings. The van der Waals surface area contributed by atoms with Crippen molar-refractivity contribution < 1.29 is 0 Å². The van der Waals surface area contributed by atoms with E-state index in [1.54, 1.807) is 0 Å². The topological polar surface area (TPSA) is 53.1 Å². The highest BCUT2D eigenvalue weighted by molar-refractivity contribution is 5.75. The fraction of sp³-hybridized carbons (Fsp3) is 0.875. The molecule has 0 aromatic carbocycles. The molecule has 0 aromatic heterocycles. The second-order valence-electron chi connectivity index (χ2n) is 3.28. The molecule has 0 radical (unpaired) electrons. The highest BCUT2D eigenvalue weighted by Crippen LogP contribution is 2.24. The van der Waals surface area contributed by atoms with Crippen molar-refractivity contribution in [3.63, 3.8) is 0 Å². The zero-order chi connectivity index (χ0) is 8.43. The highest BCUT2D eigenvalue weighted by atomic mass is 15.3. The quantitative estimate of drug-likeness (QED) is 0.441. The van der Waals surface area contributed by atoms with Crippen LogP contribution in [0.2, 0.25) is 0 Å². The Morgan fingerprint density at radius 3 is 2.64 bits per heavy atom. The lowest BCUT2D eigenvalue weighted by Gasteiger charge is -2.27. The van der Waals surface area contributed by atoms with E-state index in [0.29, 0.717) is 12.1 Å². The largest absolute Gasteiger partial charge is 0.370 e. The van der Waals surface area contributed by atoms with Gasteiger partial charge < -0.3 is 10.6 Å². The van der Waals surface area contributed by atoms with E-state index < -0.39 is 0 Å². The second-order valence-corrected chi connectivity index (χ2v) is 3.28. The summed E-state index contributed by atoms with van der Waals surface area (Å²) in [6.45, 7) is 4.29. The van der Waals surface area contributed by atoms with Crippen LogP contribution in [-0.2, 0) is 0 Å². The molecule has 0 spiro atoms. The second kappa shape index (κ2) is 3.11. The summed E-state index contributed by atoms with van der Waals surface area (Å²) in [4.78, 5) is 2.03. The van der Waals surface area contributed by atoms with Crippen LogP contribution in [0.5, 0.6) is 0 Å². The predicted molar refractivity (Wildman–Crippen MR) is 46.5 cm³/mol. The highest BCUT2D eigenvalue weighted by Gasteiger charge is 2.29. The number of hydrogen-bond acceptors (Lipinski definition) is 1. The molecule has 0 bridgehead atoms. The minimum atomic E-state index is 0.238. The Morgan fingerprint density at radius 1 is 1.64 bits per heavy atom. The summed E-state index contributed by atoms with van der Waals surface area (Å²) < 4.78 is 0. The lowest BCUT2D eigenvalue weighted by Crippen LogP contribution is -2.43. The third-order valence-electron chi connectivity index (χ3n) is 2.54. The number of nitrogens with zero attached hydrogens (tertiary/aromatic N) is 1. The summed E-state index contributed by atoms with van der Waals surface area (Å²) in [5.41, 5.74) is 5.46. The first-order valence-electron chi connectivity index (χ1n) is 4.29. The van der Waals surface area contributed by atoms with Crippen molar-refractivity contribution in [1.29, 1.82) is 5.41 Å². The molecule has 1 rings (SSSR count). The van der Waals surface area contributed by atoms with Crippen LogP contribution in [0.25, 0.3) is 0 Å². The maximum Gasteiger partial charge on any atom is 0.188 e. The zero-order valence-corrected chi connectivity index (χ0v) is 7.30. The molecule has 0 saturated carbocycles. The SMILES string of the molecule is CCC1CCC(C)N1C(=N)N. The average molecular weight is 155 g/mol. The van der Waals surface area contributed by atoms with Gasteiger partial charge in [-0.3, -0.25) is 5.41 Å². The van der Waals surface area contributed by atoms with E-state index in [4.69, 9.17) is 11.1 Å². The third-order valence-corrected chi connectivity index (χ3v) is 2.54. The molecule has 1 aliphatic rings. The molecular formula is C8H17N3. The summed E-state index contributed by atoms with van der Waals surface area (Å²) in [6.07, 6.45) is 3.47. The summed E-state index contributed by atoms with van der Waals surface area (Å²) in [7, 11) is 0. The number of hydrogen-bond donors (Lipinski definition) is 2. The van der Waals surface area contributed by atoms with Gasteiger partial charge in [-0.25, -0.2) is 0 Å². The molecule has 3 heteroatoms. The van der Waals surface area contributed by atoms with E-state index in [1.165, 1.54) is 12.8 Å². The van der Waals surface area contributed by atoms with Crippen molar-refractivity contribution in [1.82, 2.24) is 4.90 Å². The molecule has 64 valence electrons. The van der Waals surface area contributed by atoms with E-state index >= 15 is 0 Å². The van der Waals surface area contributed by atoms with Crippen molar-refractivity contribution in [2.75, 3.05) is 0 Å². The van der Waals surface area contributed by atoms with Gasteiger partial charge in [0.05, 0.1) is 0 Å². The number of nitrogens with one attached hydrogen (secondary N) is 1. The number of rotatable bonds is 1. The summed E-state index contributed by atoms with van der Waals surface area (Å²) in [6, 6.07) is 0.986. The predicted octanol–water partition coefficient (Wildman–Crippen LogP) is 1.14. The van der Waals surface area contributed by atoms with Crippen LogP contribution in [0.4, 0.5) is 0 Å². The Morgan fingerprint density at radius 2 is 2.27 bits per heavy atom. The first kappa shape index (κ1) is 8.37. The van der Waals surface area contributed by atoms with Crippen LogP contribution in [0.15, 0.2) is 0 Å². The van der Waals surface area contributed by atoms with E-state index in [0.717, 1.165) is 6.42 Å². The molecular weight excluding hydrogens is 138 g/mol. The van der Waals surface area contributed by atoms with Crippen molar-refractivity contribution >= 4 is 5.96 Å². The van der Waals surface area contributed by atoms with Crippen molar-refractivity contribution in [3.8, 4) is 0 Å². The van der Waals surface area contributed by atoms with E-state index in [9.17, 15) is 0 Å². The molecule has 0 amide bonds. The van der Waals surface area contributed by atoms with Crippen LogP contribution < -0.4 is 5.73 Å². The molecule has 2 unspecified atom stereocenters. The molecule has 1 aliphatic heterocycles. The summed E-state index contributed by atoms with van der Waals surface area (Å²) in [5.74, 6) is 0.238. The summed E-state index contributed by atoms with van der Waals surface area (Å²) >= 11 is 0. The molecule has 1 fully saturated rings. The van der Waals surface area contributed by atoms with Gasteiger partial charge in [-0.05, 0) is 26.2 Å². The normalized spacial score (nSPS) is 30.9. The van der Waals surface area contributed by atoms with Gasteiger partial charge in [0.1, 0.15) is 0 Å². The lowest BCUT2D eigenvalue weighted by atomic mass is 10.2. The van der Waals surface area contributed by atoms with Crippen molar-refractivity contribution in [2.45, 2.75) is 45.2 Å². The van der Waals surface area contributed by atoms with E-state index in [1.807, 2.05) is 4.90 Å². The number of nitrogens with two attached hydrogens (primary N) is 1. The Hall–Kier alpha value is -0.730. The van der Waals surface area contributed by atoms with Crippen LogP contribution in [-0.4, -0.2) is 22.9 Å². The number of likely N-dealkylation sites (tertiary alicyclic amines) is 1. The summed E-state index contributed by atoms with van der Waals surface area (Å²) in [5, 5.41) is 7.36. The van der Waals surface area contributed by atoms with Gasteiger partial charge in [0.15, 0.2) is 5.96 Å². The fourth-order valence-corrected chi connectivity index (χ4v) is 1.91. The Balaban J connectivity index is 2.63. The monoisotopic (exact) mass is 155 g/mol. The van der Waals surface area contributed by atoms with Crippen LogP contribution in [0, 0.1) is 5.41 Å². The Kier molecular flexibility index (Phi) is 2.37. The first-order valence-corrected chi connectivity index (χ1v) is 4.29. The Labute approximate surface area is 68.1 Å². The fourth-order valence-electron chi connectivity index (χ4n) is 1.91. The van der Waals surface area contributed by atoms with Crippen molar-refractivity contribution in [3.05, 3.63) is 0 Å². The standard InChI is InChI=1S/C8H17N3/c1-3-7-5-4-6(2)11(7)8(9)10/h6-7H,3-5H2,1-2H3,(H3,9,10). The average Bonchev–Trinajstić information content (AvgIpc) is 2.30. The lowest BCUT2D eigenvalue weighted by molar-refractivity contribution is 0.316. The van der Waals surface area contributed by atoms with Gasteiger partial charge in [-0.15, -0.1) is 0 Å². The smallest absolute Gasteiger partial charge is 0.188 e. The molecule has 11 heavy (non-hydrogen) atoms.